The topological polar surface area (TPSA) is 148 Å². The van der Waals surface area contributed by atoms with Crippen molar-refractivity contribution in [2.45, 2.75) is 19.6 Å². The van der Waals surface area contributed by atoms with Crippen LogP contribution in [0.3, 0.4) is 0 Å². The first-order chi connectivity index (χ1) is 8.24. The second-order valence-electron chi connectivity index (χ2n) is 3.43. The lowest BCUT2D eigenvalue weighted by molar-refractivity contribution is -0.392. The fourth-order valence-corrected chi connectivity index (χ4v) is 1.87. The fourth-order valence-electron chi connectivity index (χ4n) is 1.35. The molecule has 11 heteroatoms. The number of phosphoric ester groups is 1. The molecule has 0 spiro atoms. The van der Waals surface area contributed by atoms with Gasteiger partial charge in [0.15, 0.2) is 5.82 Å². The maximum atomic E-state index is 10.7. The van der Waals surface area contributed by atoms with Gasteiger partial charge in [-0.25, -0.2) is 14.1 Å². The number of aromatic nitrogens is 2. The number of aliphatic hydroxyl groups excluding tert-OH is 1. The average Bonchev–Trinajstić information content (AvgIpc) is 2.57. The summed E-state index contributed by atoms with van der Waals surface area (Å²) in [6.07, 6.45) is -0.251. The SMILES string of the molecule is Cc1ncc([N+](=O)[O-])n1C[C@@H](CO)OP(=O)(O)O. The van der Waals surface area contributed by atoms with E-state index < -0.39 is 25.5 Å². The maximum Gasteiger partial charge on any atom is 0.470 e. The van der Waals surface area contributed by atoms with Crippen LogP contribution in [-0.2, 0) is 15.6 Å². The Morgan fingerprint density at radius 1 is 1.67 bits per heavy atom. The molecule has 10 nitrogen and oxygen atoms in total. The van der Waals surface area contributed by atoms with E-state index in [1.54, 1.807) is 0 Å². The summed E-state index contributed by atoms with van der Waals surface area (Å²) in [6, 6.07) is 0. The van der Waals surface area contributed by atoms with Crippen molar-refractivity contribution in [1.82, 2.24) is 9.55 Å². The molecule has 1 rings (SSSR count). The van der Waals surface area contributed by atoms with E-state index in [2.05, 4.69) is 9.51 Å². The fraction of sp³-hybridized carbons (Fsp3) is 0.571. The van der Waals surface area contributed by atoms with Gasteiger partial charge in [-0.3, -0.25) is 4.52 Å². The Balaban J connectivity index is 2.91. The predicted octanol–water partition coefficient (Wildman–Crippen LogP) is -0.430. The molecule has 0 saturated carbocycles. The number of hydrogen-bond donors (Lipinski definition) is 3. The quantitative estimate of drug-likeness (QED) is 0.361. The van der Waals surface area contributed by atoms with E-state index in [4.69, 9.17) is 14.9 Å². The van der Waals surface area contributed by atoms with Crippen LogP contribution in [0.5, 0.6) is 0 Å². The van der Waals surface area contributed by atoms with Crippen LogP contribution in [0, 0.1) is 17.0 Å². The molecule has 102 valence electrons. The second-order valence-corrected chi connectivity index (χ2v) is 4.62. The van der Waals surface area contributed by atoms with Gasteiger partial charge in [0.25, 0.3) is 0 Å². The average molecular weight is 281 g/mol. The molecule has 18 heavy (non-hydrogen) atoms. The third-order valence-electron chi connectivity index (χ3n) is 2.10. The first-order valence-corrected chi connectivity index (χ1v) is 6.29. The number of phosphoric acid groups is 1. The Kier molecular flexibility index (Phi) is 4.54. The van der Waals surface area contributed by atoms with Crippen molar-refractivity contribution in [3.05, 3.63) is 22.1 Å². The van der Waals surface area contributed by atoms with Crippen molar-refractivity contribution < 1.29 is 28.9 Å². The zero-order valence-electron chi connectivity index (χ0n) is 9.33. The minimum Gasteiger partial charge on any atom is -0.393 e. The monoisotopic (exact) mass is 281 g/mol. The summed E-state index contributed by atoms with van der Waals surface area (Å²) in [5.74, 6) is -0.0743. The van der Waals surface area contributed by atoms with Crippen molar-refractivity contribution in [2.24, 2.45) is 0 Å². The van der Waals surface area contributed by atoms with Crippen LogP contribution < -0.4 is 0 Å². The normalized spacial score (nSPS) is 13.6. The molecule has 3 N–H and O–H groups in total. The third-order valence-corrected chi connectivity index (χ3v) is 2.67. The zero-order chi connectivity index (χ0) is 13.9. The highest BCUT2D eigenvalue weighted by Gasteiger charge is 2.27. The predicted molar refractivity (Wildman–Crippen MR) is 57.6 cm³/mol. The maximum absolute atomic E-state index is 10.7. The van der Waals surface area contributed by atoms with E-state index in [1.165, 1.54) is 6.92 Å². The molecule has 1 aromatic rings. The minimum atomic E-state index is -4.77. The molecule has 0 fully saturated rings. The van der Waals surface area contributed by atoms with Crippen LogP contribution in [-0.4, -0.2) is 42.1 Å². The van der Waals surface area contributed by atoms with Crippen LogP contribution in [0.25, 0.3) is 0 Å². The molecule has 0 aliphatic carbocycles. The van der Waals surface area contributed by atoms with E-state index in [-0.39, 0.29) is 18.2 Å². The zero-order valence-corrected chi connectivity index (χ0v) is 10.2. The Bertz CT molecular complexity index is 481. The number of nitrogens with zero attached hydrogens (tertiary/aromatic N) is 3. The summed E-state index contributed by atoms with van der Waals surface area (Å²) in [6.45, 7) is 0.503. The van der Waals surface area contributed by atoms with Gasteiger partial charge in [-0.15, -0.1) is 0 Å². The summed E-state index contributed by atoms with van der Waals surface area (Å²) in [7, 11) is -4.77. The molecule has 0 aliphatic heterocycles. The highest BCUT2D eigenvalue weighted by Crippen LogP contribution is 2.38. The summed E-state index contributed by atoms with van der Waals surface area (Å²) in [5.41, 5.74) is 0. The smallest absolute Gasteiger partial charge is 0.393 e. The molecule has 1 atom stereocenters. The van der Waals surface area contributed by atoms with Crippen LogP contribution in [0.4, 0.5) is 5.82 Å². The van der Waals surface area contributed by atoms with Gasteiger partial charge in [0.1, 0.15) is 18.8 Å². The van der Waals surface area contributed by atoms with Crippen molar-refractivity contribution in [2.75, 3.05) is 6.61 Å². The molecular formula is C7H12N3O7P. The van der Waals surface area contributed by atoms with E-state index in [0.717, 1.165) is 10.8 Å². The molecule has 0 radical (unpaired) electrons. The first-order valence-electron chi connectivity index (χ1n) is 4.76. The van der Waals surface area contributed by atoms with Gasteiger partial charge >= 0.3 is 13.6 Å². The van der Waals surface area contributed by atoms with E-state index >= 15 is 0 Å². The van der Waals surface area contributed by atoms with Crippen molar-refractivity contribution in [3.8, 4) is 0 Å². The van der Waals surface area contributed by atoms with Crippen LogP contribution in [0.15, 0.2) is 6.20 Å². The number of hydrogen-bond acceptors (Lipinski definition) is 6. The van der Waals surface area contributed by atoms with Crippen LogP contribution in [0.1, 0.15) is 5.82 Å². The van der Waals surface area contributed by atoms with E-state index in [9.17, 15) is 14.7 Å². The minimum absolute atomic E-state index is 0.273. The number of rotatable bonds is 6. The summed E-state index contributed by atoms with van der Waals surface area (Å²) in [4.78, 5) is 30.9. The Hall–Kier alpha value is -1.32. The number of nitro groups is 1. The van der Waals surface area contributed by atoms with Crippen LogP contribution in [0.2, 0.25) is 0 Å². The molecular weight excluding hydrogens is 269 g/mol. The third kappa shape index (κ3) is 3.86. The lowest BCUT2D eigenvalue weighted by Gasteiger charge is -2.14. The molecule has 0 unspecified atom stereocenters. The molecule has 1 aromatic heterocycles. The van der Waals surface area contributed by atoms with Gasteiger partial charge in [-0.2, -0.15) is 0 Å². The van der Waals surface area contributed by atoms with Gasteiger partial charge in [-0.05, 0) is 4.92 Å². The van der Waals surface area contributed by atoms with Crippen LogP contribution >= 0.6 is 7.82 Å². The van der Waals surface area contributed by atoms with Gasteiger partial charge < -0.3 is 25.0 Å². The number of aliphatic hydroxyl groups is 1. The lowest BCUT2D eigenvalue weighted by atomic mass is 10.3. The number of aryl methyl sites for hydroxylation is 1. The number of imidazole rings is 1. The molecule has 1 heterocycles. The van der Waals surface area contributed by atoms with E-state index in [0.29, 0.717) is 0 Å². The van der Waals surface area contributed by atoms with Crippen molar-refractivity contribution in [3.63, 3.8) is 0 Å². The Morgan fingerprint density at radius 3 is 2.72 bits per heavy atom. The summed E-state index contributed by atoms with van der Waals surface area (Å²) in [5, 5.41) is 19.6. The van der Waals surface area contributed by atoms with Crippen molar-refractivity contribution >= 4 is 13.6 Å². The highest BCUT2D eigenvalue weighted by molar-refractivity contribution is 7.46. The highest BCUT2D eigenvalue weighted by atomic mass is 31.2. The molecule has 0 aliphatic rings. The Morgan fingerprint density at radius 2 is 2.28 bits per heavy atom. The lowest BCUT2D eigenvalue weighted by Crippen LogP contribution is -2.24. The summed E-state index contributed by atoms with van der Waals surface area (Å²) < 4.78 is 16.0. The van der Waals surface area contributed by atoms with E-state index in [1.807, 2.05) is 0 Å². The van der Waals surface area contributed by atoms with Gasteiger partial charge in [0, 0.05) is 6.92 Å². The largest absolute Gasteiger partial charge is 0.470 e. The molecule has 0 bridgehead atoms. The Labute approximate surface area is 101 Å². The summed E-state index contributed by atoms with van der Waals surface area (Å²) >= 11 is 0. The second kappa shape index (κ2) is 5.55. The molecule has 0 amide bonds. The molecule has 0 aromatic carbocycles. The van der Waals surface area contributed by atoms with Gasteiger partial charge in [-0.1, -0.05) is 0 Å². The standard InChI is InChI=1S/C7H12N3O7P/c1-5-8-2-7(10(12)13)9(5)3-6(4-11)17-18(14,15)16/h2,6,11H,3-4H2,1H3,(H2,14,15,16)/t6-/m0/s1. The molecule has 0 saturated heterocycles. The van der Waals surface area contributed by atoms with Gasteiger partial charge in [0.2, 0.25) is 0 Å². The first kappa shape index (κ1) is 14.7. The van der Waals surface area contributed by atoms with Crippen molar-refractivity contribution in [1.29, 1.82) is 0 Å². The van der Waals surface area contributed by atoms with Gasteiger partial charge in [0.05, 0.1) is 6.61 Å².